The lowest BCUT2D eigenvalue weighted by atomic mass is 10.0. The van der Waals surface area contributed by atoms with Crippen molar-refractivity contribution in [1.29, 1.82) is 0 Å². The van der Waals surface area contributed by atoms with Crippen molar-refractivity contribution in [3.63, 3.8) is 0 Å². The molecule has 0 fully saturated rings. The Hall–Kier alpha value is -2.11. The highest BCUT2D eigenvalue weighted by molar-refractivity contribution is 5.77. The van der Waals surface area contributed by atoms with Crippen molar-refractivity contribution in [1.82, 2.24) is 5.32 Å². The first-order valence-corrected chi connectivity index (χ1v) is 6.85. The molecular weight excluding hydrogens is 277 g/mol. The van der Waals surface area contributed by atoms with Crippen LogP contribution in [0.15, 0.2) is 24.3 Å². The van der Waals surface area contributed by atoms with E-state index in [0.717, 1.165) is 0 Å². The molecule has 21 heavy (non-hydrogen) atoms. The predicted molar refractivity (Wildman–Crippen MR) is 75.6 cm³/mol. The fourth-order valence-corrected chi connectivity index (χ4v) is 1.73. The minimum Gasteiger partial charge on any atom is -0.481 e. The van der Waals surface area contributed by atoms with Gasteiger partial charge in [0.1, 0.15) is 0 Å². The van der Waals surface area contributed by atoms with E-state index in [9.17, 15) is 14.0 Å². The van der Waals surface area contributed by atoms with Crippen molar-refractivity contribution in [3.8, 4) is 5.75 Å². The van der Waals surface area contributed by atoms with Crippen LogP contribution in [0.2, 0.25) is 0 Å². The van der Waals surface area contributed by atoms with Crippen molar-refractivity contribution in [2.24, 2.45) is 5.92 Å². The van der Waals surface area contributed by atoms with E-state index in [1.165, 1.54) is 12.1 Å². The maximum Gasteiger partial charge on any atom is 0.303 e. The van der Waals surface area contributed by atoms with Gasteiger partial charge in [-0.2, -0.15) is 0 Å². The fourth-order valence-electron chi connectivity index (χ4n) is 1.73. The summed E-state index contributed by atoms with van der Waals surface area (Å²) in [5, 5.41) is 11.2. The molecule has 0 bridgehead atoms. The lowest BCUT2D eigenvalue weighted by Gasteiger charge is -2.11. The van der Waals surface area contributed by atoms with Crippen LogP contribution in [0.1, 0.15) is 26.2 Å². The molecule has 0 saturated carbocycles. The number of carbonyl (C=O) groups excluding carboxylic acids is 1. The first-order valence-electron chi connectivity index (χ1n) is 6.85. The number of rotatable bonds is 9. The molecule has 0 saturated heterocycles. The molecule has 0 heterocycles. The van der Waals surface area contributed by atoms with Gasteiger partial charge in [0.2, 0.25) is 0 Å². The molecule has 0 aromatic heterocycles. The normalized spacial score (nSPS) is 11.7. The molecule has 1 rings (SSSR count). The Morgan fingerprint density at radius 1 is 1.33 bits per heavy atom. The van der Waals surface area contributed by atoms with Gasteiger partial charge in [-0.25, -0.2) is 4.39 Å². The zero-order chi connectivity index (χ0) is 15.7. The fraction of sp³-hybridized carbons (Fsp3) is 0.467. The molecule has 0 aliphatic carbocycles. The number of benzene rings is 1. The summed E-state index contributed by atoms with van der Waals surface area (Å²) in [5.74, 6) is -1.39. The largest absolute Gasteiger partial charge is 0.481 e. The summed E-state index contributed by atoms with van der Waals surface area (Å²) in [6.07, 6.45) is 1.40. The van der Waals surface area contributed by atoms with E-state index >= 15 is 0 Å². The smallest absolute Gasteiger partial charge is 0.303 e. The third-order valence-corrected chi connectivity index (χ3v) is 3.01. The molecule has 1 aromatic carbocycles. The molecule has 1 amide bonds. The summed E-state index contributed by atoms with van der Waals surface area (Å²) in [5.41, 5.74) is 0. The topological polar surface area (TPSA) is 75.6 Å². The van der Waals surface area contributed by atoms with Crippen LogP contribution in [-0.4, -0.2) is 30.1 Å². The number of hydrogen-bond donors (Lipinski definition) is 2. The van der Waals surface area contributed by atoms with Gasteiger partial charge in [-0.15, -0.1) is 0 Å². The number of carbonyl (C=O) groups is 2. The molecule has 5 nitrogen and oxygen atoms in total. The Balaban J connectivity index is 2.17. The molecular formula is C15H20FNO4. The summed E-state index contributed by atoms with van der Waals surface area (Å²) in [6.45, 7) is 2.13. The second kappa shape index (κ2) is 8.94. The van der Waals surface area contributed by atoms with E-state index < -0.39 is 11.8 Å². The second-order valence-corrected chi connectivity index (χ2v) is 4.90. The minimum atomic E-state index is -0.816. The summed E-state index contributed by atoms with van der Waals surface area (Å²) >= 11 is 0. The number of para-hydroxylation sites is 1. The number of carboxylic acids is 1. The number of carboxylic acid groups (broad SMARTS) is 1. The third-order valence-electron chi connectivity index (χ3n) is 3.01. The highest BCUT2D eigenvalue weighted by Gasteiger charge is 2.08. The van der Waals surface area contributed by atoms with Gasteiger partial charge in [-0.05, 0) is 30.9 Å². The number of halogens is 1. The van der Waals surface area contributed by atoms with Gasteiger partial charge >= 0.3 is 5.97 Å². The van der Waals surface area contributed by atoms with Crippen LogP contribution in [-0.2, 0) is 9.59 Å². The molecule has 2 N–H and O–H groups in total. The summed E-state index contributed by atoms with van der Waals surface area (Å²) in [7, 11) is 0. The molecule has 1 aromatic rings. The van der Waals surface area contributed by atoms with E-state index in [4.69, 9.17) is 9.84 Å². The number of ether oxygens (including phenoxy) is 1. The van der Waals surface area contributed by atoms with Gasteiger partial charge in [0.25, 0.3) is 5.91 Å². The highest BCUT2D eigenvalue weighted by atomic mass is 19.1. The predicted octanol–water partition coefficient (Wildman–Crippen LogP) is 2.21. The Kier molecular flexibility index (Phi) is 7.21. The van der Waals surface area contributed by atoms with Crippen molar-refractivity contribution < 1.29 is 23.8 Å². The van der Waals surface area contributed by atoms with Gasteiger partial charge in [0.05, 0.1) is 0 Å². The van der Waals surface area contributed by atoms with Crippen molar-refractivity contribution in [2.75, 3.05) is 13.2 Å². The lowest BCUT2D eigenvalue weighted by molar-refractivity contribution is -0.137. The highest BCUT2D eigenvalue weighted by Crippen LogP contribution is 2.15. The van der Waals surface area contributed by atoms with Gasteiger partial charge in [0.15, 0.2) is 18.2 Å². The van der Waals surface area contributed by atoms with Crippen LogP contribution >= 0.6 is 0 Å². The second-order valence-electron chi connectivity index (χ2n) is 4.90. The van der Waals surface area contributed by atoms with E-state index in [1.807, 2.05) is 6.92 Å². The van der Waals surface area contributed by atoms with E-state index in [1.54, 1.807) is 12.1 Å². The van der Waals surface area contributed by atoms with E-state index in [0.29, 0.717) is 19.4 Å². The Morgan fingerprint density at radius 2 is 2.05 bits per heavy atom. The standard InChI is InChI=1S/C15H20FNO4/c1-11(6-7-15(19)20)8-9-17-14(18)10-21-13-5-3-2-4-12(13)16/h2-5,11H,6-10H2,1H3,(H,17,18)(H,19,20). The lowest BCUT2D eigenvalue weighted by Crippen LogP contribution is -2.30. The maximum absolute atomic E-state index is 13.2. The van der Waals surface area contributed by atoms with Crippen LogP contribution in [0.3, 0.4) is 0 Å². The zero-order valence-corrected chi connectivity index (χ0v) is 12.0. The third kappa shape index (κ3) is 7.29. The van der Waals surface area contributed by atoms with Crippen LogP contribution in [0.25, 0.3) is 0 Å². The summed E-state index contributed by atoms with van der Waals surface area (Å²) in [6, 6.07) is 5.88. The molecule has 6 heteroatoms. The number of aliphatic carboxylic acids is 1. The first-order chi connectivity index (χ1) is 9.99. The Labute approximate surface area is 123 Å². The average molecular weight is 297 g/mol. The Bertz CT molecular complexity index is 478. The number of hydrogen-bond acceptors (Lipinski definition) is 3. The zero-order valence-electron chi connectivity index (χ0n) is 12.0. The van der Waals surface area contributed by atoms with Crippen molar-refractivity contribution >= 4 is 11.9 Å². The molecule has 0 aliphatic rings. The number of nitrogens with one attached hydrogen (secondary N) is 1. The summed E-state index contributed by atoms with van der Waals surface area (Å²) < 4.78 is 18.3. The first kappa shape index (κ1) is 16.9. The van der Waals surface area contributed by atoms with Crippen molar-refractivity contribution in [3.05, 3.63) is 30.1 Å². The molecule has 1 unspecified atom stereocenters. The molecule has 116 valence electrons. The van der Waals surface area contributed by atoms with Gasteiger partial charge < -0.3 is 15.2 Å². The van der Waals surface area contributed by atoms with Gasteiger partial charge in [-0.3, -0.25) is 9.59 Å². The molecule has 0 spiro atoms. The summed E-state index contributed by atoms with van der Waals surface area (Å²) in [4.78, 5) is 21.9. The Morgan fingerprint density at radius 3 is 2.71 bits per heavy atom. The average Bonchev–Trinajstić information content (AvgIpc) is 2.44. The monoisotopic (exact) mass is 297 g/mol. The van der Waals surface area contributed by atoms with Crippen molar-refractivity contribution in [2.45, 2.75) is 26.2 Å². The minimum absolute atomic E-state index is 0.0440. The maximum atomic E-state index is 13.2. The molecule has 0 aliphatic heterocycles. The molecule has 0 radical (unpaired) electrons. The van der Waals surface area contributed by atoms with Gasteiger partial charge in [0, 0.05) is 13.0 Å². The quantitative estimate of drug-likeness (QED) is 0.733. The molecule has 1 atom stereocenters. The van der Waals surface area contributed by atoms with E-state index in [2.05, 4.69) is 5.32 Å². The van der Waals surface area contributed by atoms with E-state index in [-0.39, 0.29) is 30.6 Å². The van der Waals surface area contributed by atoms with Crippen LogP contribution in [0.4, 0.5) is 4.39 Å². The van der Waals surface area contributed by atoms with Crippen LogP contribution in [0.5, 0.6) is 5.75 Å². The SMILES string of the molecule is CC(CCNC(=O)COc1ccccc1F)CCC(=O)O. The van der Waals surface area contributed by atoms with Gasteiger partial charge in [-0.1, -0.05) is 19.1 Å². The number of amides is 1. The van der Waals surface area contributed by atoms with Crippen LogP contribution in [0, 0.1) is 11.7 Å². The van der Waals surface area contributed by atoms with Crippen LogP contribution < -0.4 is 10.1 Å².